The second-order valence-corrected chi connectivity index (χ2v) is 7.11. The molecule has 4 heteroatoms. The second kappa shape index (κ2) is 9.67. The van der Waals surface area contributed by atoms with Crippen LogP contribution in [0.2, 0.25) is 0 Å². The lowest BCUT2D eigenvalue weighted by Crippen LogP contribution is -2.41. The summed E-state index contributed by atoms with van der Waals surface area (Å²) >= 11 is 0. The lowest BCUT2D eigenvalue weighted by atomic mass is 9.98. The Morgan fingerprint density at radius 2 is 1.92 bits per heavy atom. The Bertz CT molecular complexity index is 518. The summed E-state index contributed by atoms with van der Waals surface area (Å²) in [6.45, 7) is 11.0. The van der Waals surface area contributed by atoms with Crippen molar-refractivity contribution in [1.29, 1.82) is 0 Å². The van der Waals surface area contributed by atoms with E-state index in [-0.39, 0.29) is 0 Å². The van der Waals surface area contributed by atoms with Crippen molar-refractivity contribution < 1.29 is 0 Å². The summed E-state index contributed by atoms with van der Waals surface area (Å²) in [5.41, 5.74) is 2.79. The van der Waals surface area contributed by atoms with Crippen LogP contribution in [0.3, 0.4) is 0 Å². The molecule has 0 aliphatic carbocycles. The summed E-state index contributed by atoms with van der Waals surface area (Å²) in [5, 5.41) is 6.88. The Labute approximate surface area is 147 Å². The molecule has 1 aliphatic heterocycles. The molecule has 24 heavy (non-hydrogen) atoms. The molecule has 1 fully saturated rings. The number of hydrogen-bond acceptors (Lipinski definition) is 2. The Morgan fingerprint density at radius 1 is 1.25 bits per heavy atom. The van der Waals surface area contributed by atoms with E-state index in [1.165, 1.54) is 37.1 Å². The molecule has 0 radical (unpaired) electrons. The molecular weight excluding hydrogens is 296 g/mol. The van der Waals surface area contributed by atoms with Crippen LogP contribution >= 0.6 is 0 Å². The van der Waals surface area contributed by atoms with Gasteiger partial charge >= 0.3 is 0 Å². The van der Waals surface area contributed by atoms with Gasteiger partial charge in [-0.3, -0.25) is 9.89 Å². The SMILES string of the molecule is CCC(C)NC(=NC)NCc1ccccc1CN1CCC(C)CC1. The highest BCUT2D eigenvalue weighted by molar-refractivity contribution is 5.79. The van der Waals surface area contributed by atoms with Crippen LogP contribution in [0.1, 0.15) is 51.2 Å². The Morgan fingerprint density at radius 3 is 2.54 bits per heavy atom. The first-order valence-corrected chi connectivity index (χ1v) is 9.38. The van der Waals surface area contributed by atoms with Crippen molar-refractivity contribution in [3.05, 3.63) is 35.4 Å². The highest BCUT2D eigenvalue weighted by atomic mass is 15.2. The predicted octanol–water partition coefficient (Wildman–Crippen LogP) is 3.38. The molecule has 0 saturated carbocycles. The maximum atomic E-state index is 4.33. The van der Waals surface area contributed by atoms with Gasteiger partial charge in [0, 0.05) is 26.2 Å². The number of benzene rings is 1. The summed E-state index contributed by atoms with van der Waals surface area (Å²) in [5.74, 6) is 1.76. The molecule has 1 aromatic rings. The van der Waals surface area contributed by atoms with Crippen molar-refractivity contribution in [2.45, 2.75) is 59.2 Å². The molecule has 1 unspecified atom stereocenters. The summed E-state index contributed by atoms with van der Waals surface area (Å²) < 4.78 is 0. The van der Waals surface area contributed by atoms with Gasteiger partial charge in [0.05, 0.1) is 0 Å². The number of hydrogen-bond donors (Lipinski definition) is 2. The van der Waals surface area contributed by atoms with Crippen molar-refractivity contribution in [1.82, 2.24) is 15.5 Å². The fraction of sp³-hybridized carbons (Fsp3) is 0.650. The minimum Gasteiger partial charge on any atom is -0.354 e. The number of guanidine groups is 1. The molecule has 0 amide bonds. The van der Waals surface area contributed by atoms with Crippen LogP contribution in [-0.2, 0) is 13.1 Å². The van der Waals surface area contributed by atoms with Crippen molar-refractivity contribution in [2.24, 2.45) is 10.9 Å². The normalized spacial score (nSPS) is 18.4. The van der Waals surface area contributed by atoms with E-state index in [1.54, 1.807) is 0 Å². The second-order valence-electron chi connectivity index (χ2n) is 7.11. The van der Waals surface area contributed by atoms with E-state index in [2.05, 4.69) is 65.6 Å². The monoisotopic (exact) mass is 330 g/mol. The minimum atomic E-state index is 0.432. The maximum absolute atomic E-state index is 4.33. The van der Waals surface area contributed by atoms with E-state index < -0.39 is 0 Å². The standard InChI is InChI=1S/C20H34N4/c1-5-17(3)23-20(21-4)22-14-18-8-6-7-9-19(18)15-24-12-10-16(2)11-13-24/h6-9,16-17H,5,10-15H2,1-4H3,(H2,21,22,23). The van der Waals surface area contributed by atoms with Gasteiger partial charge < -0.3 is 10.6 Å². The van der Waals surface area contributed by atoms with Crippen LogP contribution in [-0.4, -0.2) is 37.0 Å². The highest BCUT2D eigenvalue weighted by Gasteiger charge is 2.16. The Hall–Kier alpha value is -1.55. The van der Waals surface area contributed by atoms with E-state index in [0.717, 1.165) is 31.4 Å². The zero-order valence-corrected chi connectivity index (χ0v) is 15.8. The van der Waals surface area contributed by atoms with Crippen molar-refractivity contribution in [3.63, 3.8) is 0 Å². The predicted molar refractivity (Wildman–Crippen MR) is 103 cm³/mol. The molecule has 0 aromatic heterocycles. The quantitative estimate of drug-likeness (QED) is 0.620. The van der Waals surface area contributed by atoms with Gasteiger partial charge in [-0.1, -0.05) is 38.1 Å². The molecule has 134 valence electrons. The molecule has 1 aliphatic rings. The highest BCUT2D eigenvalue weighted by Crippen LogP contribution is 2.19. The molecular formula is C20H34N4. The molecule has 0 spiro atoms. The van der Waals surface area contributed by atoms with Gasteiger partial charge in [-0.15, -0.1) is 0 Å². The molecule has 1 heterocycles. The molecule has 4 nitrogen and oxygen atoms in total. The van der Waals surface area contributed by atoms with E-state index in [1.807, 2.05) is 7.05 Å². The summed E-state index contributed by atoms with van der Waals surface area (Å²) in [4.78, 5) is 6.92. The van der Waals surface area contributed by atoms with Crippen LogP contribution in [0.25, 0.3) is 0 Å². The maximum Gasteiger partial charge on any atom is 0.191 e. The average molecular weight is 331 g/mol. The zero-order chi connectivity index (χ0) is 17.4. The number of aliphatic imine (C=N–C) groups is 1. The van der Waals surface area contributed by atoms with E-state index in [9.17, 15) is 0 Å². The molecule has 2 rings (SSSR count). The first-order valence-electron chi connectivity index (χ1n) is 9.38. The van der Waals surface area contributed by atoms with Crippen LogP contribution in [0.5, 0.6) is 0 Å². The van der Waals surface area contributed by atoms with Crippen molar-refractivity contribution in [2.75, 3.05) is 20.1 Å². The molecule has 0 bridgehead atoms. The third-order valence-corrected chi connectivity index (χ3v) is 5.05. The van der Waals surface area contributed by atoms with E-state index in [4.69, 9.17) is 0 Å². The number of piperidine rings is 1. The number of nitrogens with zero attached hydrogens (tertiary/aromatic N) is 2. The number of rotatable bonds is 6. The van der Waals surface area contributed by atoms with Crippen LogP contribution in [0.4, 0.5) is 0 Å². The first-order chi connectivity index (χ1) is 11.6. The lowest BCUT2D eigenvalue weighted by molar-refractivity contribution is 0.185. The van der Waals surface area contributed by atoms with Gasteiger partial charge in [-0.25, -0.2) is 0 Å². The largest absolute Gasteiger partial charge is 0.354 e. The third-order valence-electron chi connectivity index (χ3n) is 5.05. The Kier molecular flexibility index (Phi) is 7.57. The zero-order valence-electron chi connectivity index (χ0n) is 15.8. The smallest absolute Gasteiger partial charge is 0.191 e. The third kappa shape index (κ3) is 5.82. The summed E-state index contributed by atoms with van der Waals surface area (Å²) in [6, 6.07) is 9.20. The van der Waals surface area contributed by atoms with Crippen LogP contribution in [0.15, 0.2) is 29.3 Å². The molecule has 1 atom stereocenters. The lowest BCUT2D eigenvalue weighted by Gasteiger charge is -2.30. The van der Waals surface area contributed by atoms with Gasteiger partial charge in [0.2, 0.25) is 0 Å². The van der Waals surface area contributed by atoms with Crippen molar-refractivity contribution >= 4 is 5.96 Å². The fourth-order valence-corrected chi connectivity index (χ4v) is 3.05. The van der Waals surface area contributed by atoms with E-state index >= 15 is 0 Å². The molecule has 2 N–H and O–H groups in total. The summed E-state index contributed by atoms with van der Waals surface area (Å²) in [7, 11) is 1.83. The van der Waals surface area contributed by atoms with Crippen molar-refractivity contribution in [3.8, 4) is 0 Å². The van der Waals surface area contributed by atoms with Gasteiger partial charge in [-0.2, -0.15) is 0 Å². The average Bonchev–Trinajstić information content (AvgIpc) is 2.61. The van der Waals surface area contributed by atoms with E-state index in [0.29, 0.717) is 6.04 Å². The number of nitrogens with one attached hydrogen (secondary N) is 2. The van der Waals surface area contributed by atoms with Gasteiger partial charge in [0.25, 0.3) is 0 Å². The summed E-state index contributed by atoms with van der Waals surface area (Å²) in [6.07, 6.45) is 3.74. The Balaban J connectivity index is 1.93. The van der Waals surface area contributed by atoms with Gasteiger partial charge in [0.15, 0.2) is 5.96 Å². The molecule has 1 saturated heterocycles. The van der Waals surface area contributed by atoms with Gasteiger partial charge in [-0.05, 0) is 56.3 Å². The minimum absolute atomic E-state index is 0.432. The topological polar surface area (TPSA) is 39.7 Å². The fourth-order valence-electron chi connectivity index (χ4n) is 3.05. The van der Waals surface area contributed by atoms with Crippen LogP contribution < -0.4 is 10.6 Å². The molecule has 1 aromatic carbocycles. The van der Waals surface area contributed by atoms with Gasteiger partial charge in [0.1, 0.15) is 0 Å². The van der Waals surface area contributed by atoms with Crippen LogP contribution in [0, 0.1) is 5.92 Å². The first kappa shape index (κ1) is 18.8. The number of likely N-dealkylation sites (tertiary alicyclic amines) is 1.